The quantitative estimate of drug-likeness (QED) is 0.313. The van der Waals surface area contributed by atoms with Gasteiger partial charge in [0.15, 0.2) is 18.7 Å². The highest BCUT2D eigenvalue weighted by molar-refractivity contribution is 6.45. The van der Waals surface area contributed by atoms with Crippen molar-refractivity contribution in [3.05, 3.63) is 39.9 Å². The highest BCUT2D eigenvalue weighted by Gasteiger charge is 2.36. The number of hydrogen-bond acceptors (Lipinski definition) is 8. The Labute approximate surface area is 177 Å². The van der Waals surface area contributed by atoms with Crippen LogP contribution < -0.4 is 4.74 Å². The number of carbonyl (C=O) groups is 2. The predicted octanol–water partition coefficient (Wildman–Crippen LogP) is 1.89. The van der Waals surface area contributed by atoms with E-state index in [-0.39, 0.29) is 33.6 Å². The number of ketones is 1. The third kappa shape index (κ3) is 5.91. The van der Waals surface area contributed by atoms with Crippen LogP contribution in [0.15, 0.2) is 24.3 Å². The highest BCUT2D eigenvalue weighted by Crippen LogP contribution is 2.35. The van der Waals surface area contributed by atoms with Crippen molar-refractivity contribution in [3.8, 4) is 5.75 Å². The number of aliphatic hydroxyl groups excluding tert-OH is 3. The number of halogens is 2. The molecule has 1 saturated heterocycles. The lowest BCUT2D eigenvalue weighted by Crippen LogP contribution is -2.50. The molecule has 8 nitrogen and oxygen atoms in total. The molecule has 4 atom stereocenters. The molecule has 29 heavy (non-hydrogen) atoms. The number of aliphatic hydroxyl groups is 3. The molecular weight excluding hydrogens is 427 g/mol. The second-order valence-electron chi connectivity index (χ2n) is 6.42. The molecule has 1 aliphatic heterocycles. The minimum atomic E-state index is -1.30. The summed E-state index contributed by atoms with van der Waals surface area (Å²) >= 11 is 12.3. The van der Waals surface area contributed by atoms with E-state index in [0.29, 0.717) is 12.0 Å². The van der Waals surface area contributed by atoms with Gasteiger partial charge in [0.1, 0.15) is 29.6 Å². The molecule has 1 unspecified atom stereocenters. The van der Waals surface area contributed by atoms with Gasteiger partial charge in [-0.2, -0.15) is 0 Å². The number of Topliss-reactive ketones (excluding diaryl/α,β-unsaturated/α-hetero) is 1. The van der Waals surface area contributed by atoms with Crippen LogP contribution in [0, 0.1) is 0 Å². The molecule has 10 heteroatoms. The maximum atomic E-state index is 12.2. The topological polar surface area (TPSA) is 123 Å². The fraction of sp³-hybridized carbons (Fsp3) is 0.474. The summed E-state index contributed by atoms with van der Waals surface area (Å²) in [4.78, 5) is 24.1. The SMILES string of the molecule is C=C(CC)C(=O)c1ccc(OCC(=O)OC[C@H]2OC(O)C[C@@H](O)[C@@H]2O)c(Cl)c1Cl. The molecule has 0 amide bonds. The molecule has 0 spiro atoms. The fourth-order valence-corrected chi connectivity index (χ4v) is 3.05. The second-order valence-corrected chi connectivity index (χ2v) is 7.18. The summed E-state index contributed by atoms with van der Waals surface area (Å²) in [6.07, 6.45) is -4.51. The van der Waals surface area contributed by atoms with Crippen molar-refractivity contribution in [2.75, 3.05) is 13.2 Å². The minimum absolute atomic E-state index is 0.0150. The van der Waals surface area contributed by atoms with Crippen LogP contribution in [0.5, 0.6) is 5.75 Å². The Hall–Kier alpha value is -1.68. The first-order valence-corrected chi connectivity index (χ1v) is 9.59. The first-order chi connectivity index (χ1) is 13.6. The molecular formula is C19H22Cl2O8. The van der Waals surface area contributed by atoms with Crippen LogP contribution >= 0.6 is 23.2 Å². The Morgan fingerprint density at radius 2 is 1.93 bits per heavy atom. The molecule has 1 fully saturated rings. The van der Waals surface area contributed by atoms with Crippen LogP contribution in [0.25, 0.3) is 0 Å². The Bertz CT molecular complexity index is 782. The van der Waals surface area contributed by atoms with Crippen molar-refractivity contribution >= 4 is 35.0 Å². The molecule has 0 saturated carbocycles. The third-order valence-corrected chi connectivity index (χ3v) is 5.21. The van der Waals surface area contributed by atoms with Gasteiger partial charge in [-0.15, -0.1) is 0 Å². The molecule has 1 aromatic rings. The van der Waals surface area contributed by atoms with Crippen LogP contribution in [-0.2, 0) is 14.3 Å². The number of carbonyl (C=O) groups excluding carboxylic acids is 2. The molecule has 1 heterocycles. The first kappa shape index (κ1) is 23.6. The van der Waals surface area contributed by atoms with Crippen LogP contribution in [0.1, 0.15) is 30.1 Å². The second kappa shape index (κ2) is 10.4. The summed E-state index contributed by atoms with van der Waals surface area (Å²) in [6, 6.07) is 2.82. The van der Waals surface area contributed by atoms with Crippen LogP contribution in [0.4, 0.5) is 0 Å². The van der Waals surface area contributed by atoms with Gasteiger partial charge in [0.2, 0.25) is 0 Å². The van der Waals surface area contributed by atoms with E-state index < -0.39 is 43.8 Å². The van der Waals surface area contributed by atoms with E-state index in [1.54, 1.807) is 6.92 Å². The number of rotatable bonds is 8. The number of esters is 1. The predicted molar refractivity (Wildman–Crippen MR) is 104 cm³/mol. The van der Waals surface area contributed by atoms with E-state index >= 15 is 0 Å². The zero-order valence-corrected chi connectivity index (χ0v) is 17.2. The van der Waals surface area contributed by atoms with E-state index in [4.69, 9.17) is 37.4 Å². The average molecular weight is 449 g/mol. The van der Waals surface area contributed by atoms with Crippen molar-refractivity contribution in [3.63, 3.8) is 0 Å². The Morgan fingerprint density at radius 3 is 2.59 bits per heavy atom. The zero-order chi connectivity index (χ0) is 21.7. The first-order valence-electron chi connectivity index (χ1n) is 8.84. The highest BCUT2D eigenvalue weighted by atomic mass is 35.5. The molecule has 0 aromatic heterocycles. The Morgan fingerprint density at radius 1 is 1.24 bits per heavy atom. The van der Waals surface area contributed by atoms with E-state index in [1.165, 1.54) is 12.1 Å². The van der Waals surface area contributed by atoms with Crippen molar-refractivity contribution in [1.82, 2.24) is 0 Å². The molecule has 2 rings (SSSR count). The summed E-state index contributed by atoms with van der Waals surface area (Å²) in [5.41, 5.74) is 0.557. The van der Waals surface area contributed by atoms with Crippen LogP contribution in [0.2, 0.25) is 10.0 Å². The van der Waals surface area contributed by atoms with E-state index in [1.807, 2.05) is 0 Å². The molecule has 0 aliphatic carbocycles. The largest absolute Gasteiger partial charge is 0.480 e. The van der Waals surface area contributed by atoms with Crippen LogP contribution in [-0.4, -0.2) is 64.9 Å². The number of ether oxygens (including phenoxy) is 3. The standard InChI is InChI=1S/C19H22Cl2O8/c1-3-9(2)18(25)10-4-5-12(17(21)16(10)20)27-8-15(24)28-7-13-19(26)11(22)6-14(23)29-13/h4-5,11,13-14,19,22-23,26H,2-3,6-8H2,1H3/t11-,13-,14?,19+/m1/s1. The van der Waals surface area contributed by atoms with Gasteiger partial charge in [0.25, 0.3) is 0 Å². The molecule has 0 bridgehead atoms. The fourth-order valence-electron chi connectivity index (χ4n) is 2.59. The van der Waals surface area contributed by atoms with Crippen molar-refractivity contribution in [1.29, 1.82) is 0 Å². The smallest absolute Gasteiger partial charge is 0.344 e. The van der Waals surface area contributed by atoms with Gasteiger partial charge in [-0.3, -0.25) is 4.79 Å². The summed E-state index contributed by atoms with van der Waals surface area (Å²) in [5, 5.41) is 28.8. The molecule has 1 aromatic carbocycles. The van der Waals surface area contributed by atoms with Gasteiger partial charge in [-0.05, 0) is 24.1 Å². The average Bonchev–Trinajstić information content (AvgIpc) is 2.69. The van der Waals surface area contributed by atoms with Gasteiger partial charge in [-0.1, -0.05) is 36.7 Å². The van der Waals surface area contributed by atoms with E-state index in [9.17, 15) is 24.9 Å². The van der Waals surface area contributed by atoms with Gasteiger partial charge >= 0.3 is 5.97 Å². The minimum Gasteiger partial charge on any atom is -0.480 e. The number of benzene rings is 1. The maximum Gasteiger partial charge on any atom is 0.344 e. The van der Waals surface area contributed by atoms with Gasteiger partial charge in [0, 0.05) is 12.0 Å². The van der Waals surface area contributed by atoms with E-state index in [2.05, 4.69) is 6.58 Å². The summed E-state index contributed by atoms with van der Waals surface area (Å²) in [6.45, 7) is 4.54. The normalized spacial score (nSPS) is 24.1. The van der Waals surface area contributed by atoms with Gasteiger partial charge in [-0.25, -0.2) is 4.79 Å². The Balaban J connectivity index is 1.92. The lowest BCUT2D eigenvalue weighted by molar-refractivity contribution is -0.242. The number of allylic oxidation sites excluding steroid dienone is 1. The number of hydrogen-bond donors (Lipinski definition) is 3. The van der Waals surface area contributed by atoms with Gasteiger partial charge in [0.05, 0.1) is 11.1 Å². The Kier molecular flexibility index (Phi) is 8.45. The summed E-state index contributed by atoms with van der Waals surface area (Å²) in [5.74, 6) is -1.06. The van der Waals surface area contributed by atoms with E-state index in [0.717, 1.165) is 0 Å². The molecule has 1 aliphatic rings. The summed E-state index contributed by atoms with van der Waals surface area (Å²) in [7, 11) is 0. The molecule has 160 valence electrons. The molecule has 0 radical (unpaired) electrons. The van der Waals surface area contributed by atoms with Crippen LogP contribution in [0.3, 0.4) is 0 Å². The third-order valence-electron chi connectivity index (χ3n) is 4.34. The van der Waals surface area contributed by atoms with Gasteiger partial charge < -0.3 is 29.5 Å². The molecule has 3 N–H and O–H groups in total. The monoisotopic (exact) mass is 448 g/mol. The lowest BCUT2D eigenvalue weighted by atomic mass is 10.0. The summed E-state index contributed by atoms with van der Waals surface area (Å²) < 4.78 is 15.2. The van der Waals surface area contributed by atoms with Crippen molar-refractivity contribution in [2.45, 2.75) is 44.4 Å². The van der Waals surface area contributed by atoms with Crippen molar-refractivity contribution < 1.29 is 39.1 Å². The maximum absolute atomic E-state index is 12.2. The lowest BCUT2D eigenvalue weighted by Gasteiger charge is -2.34. The van der Waals surface area contributed by atoms with Crippen molar-refractivity contribution in [2.24, 2.45) is 0 Å². The zero-order valence-electron chi connectivity index (χ0n) is 15.6.